The van der Waals surface area contributed by atoms with Crippen molar-refractivity contribution in [1.29, 1.82) is 0 Å². The van der Waals surface area contributed by atoms with Gasteiger partial charge in [-0.2, -0.15) is 0 Å². The van der Waals surface area contributed by atoms with Crippen LogP contribution in [0.15, 0.2) is 53.4 Å². The maximum atomic E-state index is 13.4. The first kappa shape index (κ1) is 17.3. The minimum absolute atomic E-state index is 0.0742. The van der Waals surface area contributed by atoms with Crippen molar-refractivity contribution in [2.24, 2.45) is 0 Å². The summed E-state index contributed by atoms with van der Waals surface area (Å²) in [4.78, 5) is 23.6. The lowest BCUT2D eigenvalue weighted by molar-refractivity contribution is -0.144. The van der Waals surface area contributed by atoms with Crippen molar-refractivity contribution in [3.63, 3.8) is 0 Å². The Morgan fingerprint density at radius 1 is 1.13 bits per heavy atom. The molecule has 23 heavy (non-hydrogen) atoms. The molecule has 0 fully saturated rings. The molecule has 1 amide bonds. The Kier molecular flexibility index (Phi) is 6.43. The lowest BCUT2D eigenvalue weighted by atomic mass is 10.3. The Morgan fingerprint density at radius 3 is 2.52 bits per heavy atom. The molecule has 0 radical (unpaired) electrons. The predicted octanol–water partition coefficient (Wildman–Crippen LogP) is 3.75. The average molecular weight is 354 g/mol. The maximum Gasteiger partial charge on any atom is 0.316 e. The van der Waals surface area contributed by atoms with Gasteiger partial charge in [0.25, 0.3) is 5.91 Å². The van der Waals surface area contributed by atoms with E-state index in [0.717, 1.165) is 11.8 Å². The van der Waals surface area contributed by atoms with Gasteiger partial charge in [-0.25, -0.2) is 4.39 Å². The fourth-order valence-electron chi connectivity index (χ4n) is 1.62. The number of benzene rings is 2. The molecule has 1 N–H and O–H groups in total. The number of hydrogen-bond acceptors (Lipinski definition) is 4. The van der Waals surface area contributed by atoms with Gasteiger partial charge in [0, 0.05) is 15.6 Å². The van der Waals surface area contributed by atoms with Gasteiger partial charge in [0.05, 0.1) is 5.75 Å². The molecule has 0 spiro atoms. The van der Waals surface area contributed by atoms with E-state index in [9.17, 15) is 14.0 Å². The topological polar surface area (TPSA) is 55.4 Å². The van der Waals surface area contributed by atoms with Crippen molar-refractivity contribution < 1.29 is 18.7 Å². The molecule has 0 heterocycles. The van der Waals surface area contributed by atoms with E-state index in [4.69, 9.17) is 16.3 Å². The summed E-state index contributed by atoms with van der Waals surface area (Å²) >= 11 is 6.75. The number of anilines is 1. The summed E-state index contributed by atoms with van der Waals surface area (Å²) in [5.41, 5.74) is 0.552. The van der Waals surface area contributed by atoms with Crippen LogP contribution in [0.1, 0.15) is 0 Å². The molecule has 0 aliphatic rings. The molecule has 4 nitrogen and oxygen atoms in total. The highest BCUT2D eigenvalue weighted by molar-refractivity contribution is 8.00. The molecular weight excluding hydrogens is 341 g/mol. The van der Waals surface area contributed by atoms with E-state index in [2.05, 4.69) is 5.32 Å². The third-order valence-electron chi connectivity index (χ3n) is 2.67. The Morgan fingerprint density at radius 2 is 1.83 bits per heavy atom. The van der Waals surface area contributed by atoms with Gasteiger partial charge in [0.15, 0.2) is 6.61 Å². The van der Waals surface area contributed by atoms with Crippen molar-refractivity contribution in [2.45, 2.75) is 4.90 Å². The molecular formula is C16H13ClFNO3S. The Balaban J connectivity index is 1.72. The van der Waals surface area contributed by atoms with Crippen molar-refractivity contribution in [3.05, 3.63) is 59.4 Å². The summed E-state index contributed by atoms with van der Waals surface area (Å²) in [5.74, 6) is -1.53. The lowest BCUT2D eigenvalue weighted by Crippen LogP contribution is -2.21. The van der Waals surface area contributed by atoms with Gasteiger partial charge in [-0.05, 0) is 36.4 Å². The van der Waals surface area contributed by atoms with E-state index >= 15 is 0 Å². The molecule has 120 valence electrons. The summed E-state index contributed by atoms with van der Waals surface area (Å²) in [7, 11) is 0. The normalized spacial score (nSPS) is 10.2. The molecule has 0 bridgehead atoms. The van der Waals surface area contributed by atoms with Gasteiger partial charge in [-0.3, -0.25) is 9.59 Å². The fraction of sp³-hybridized carbons (Fsp3) is 0.125. The minimum atomic E-state index is -0.593. The van der Waals surface area contributed by atoms with E-state index < -0.39 is 24.3 Å². The average Bonchev–Trinajstić information content (AvgIpc) is 2.54. The highest BCUT2D eigenvalue weighted by atomic mass is 35.5. The third kappa shape index (κ3) is 5.92. The summed E-state index contributed by atoms with van der Waals surface area (Å²) in [6.07, 6.45) is 0. The number of halogens is 2. The van der Waals surface area contributed by atoms with Crippen LogP contribution in [0.3, 0.4) is 0 Å². The van der Waals surface area contributed by atoms with Crippen LogP contribution in [0.2, 0.25) is 5.02 Å². The van der Waals surface area contributed by atoms with Gasteiger partial charge in [-0.1, -0.05) is 23.7 Å². The van der Waals surface area contributed by atoms with Crippen LogP contribution >= 0.6 is 23.4 Å². The number of rotatable bonds is 6. The number of carbonyl (C=O) groups excluding carboxylic acids is 2. The Hall–Kier alpha value is -2.05. The van der Waals surface area contributed by atoms with Crippen molar-refractivity contribution in [1.82, 2.24) is 0 Å². The van der Waals surface area contributed by atoms with Crippen LogP contribution in [0.25, 0.3) is 0 Å². The largest absolute Gasteiger partial charge is 0.455 e. The highest BCUT2D eigenvalue weighted by Gasteiger charge is 2.10. The zero-order valence-electron chi connectivity index (χ0n) is 11.9. The molecule has 2 aromatic rings. The van der Waals surface area contributed by atoms with Crippen molar-refractivity contribution >= 4 is 40.9 Å². The van der Waals surface area contributed by atoms with Gasteiger partial charge < -0.3 is 10.1 Å². The SMILES string of the molecule is O=C(COC(=O)CSc1ccccc1F)Nc1ccc(Cl)cc1. The number of ether oxygens (including phenoxy) is 1. The molecule has 0 aliphatic heterocycles. The first-order chi connectivity index (χ1) is 11.0. The number of hydrogen-bond donors (Lipinski definition) is 1. The number of amides is 1. The second-order valence-corrected chi connectivity index (χ2v) is 5.89. The molecule has 0 saturated carbocycles. The summed E-state index contributed by atoms with van der Waals surface area (Å²) in [6.45, 7) is -0.403. The van der Waals surface area contributed by atoms with E-state index in [1.165, 1.54) is 6.07 Å². The molecule has 2 rings (SSSR count). The number of carbonyl (C=O) groups is 2. The lowest BCUT2D eigenvalue weighted by Gasteiger charge is -2.07. The van der Waals surface area contributed by atoms with Crippen LogP contribution in [0.4, 0.5) is 10.1 Å². The van der Waals surface area contributed by atoms with Crippen molar-refractivity contribution in [3.8, 4) is 0 Å². The molecule has 0 aliphatic carbocycles. The predicted molar refractivity (Wildman–Crippen MR) is 88.2 cm³/mol. The quantitative estimate of drug-likeness (QED) is 0.634. The van der Waals surface area contributed by atoms with Crippen LogP contribution < -0.4 is 5.32 Å². The van der Waals surface area contributed by atoms with Gasteiger partial charge in [0.1, 0.15) is 5.82 Å². The molecule has 0 aromatic heterocycles. The third-order valence-corrected chi connectivity index (χ3v) is 3.95. The molecule has 7 heteroatoms. The fourth-order valence-corrected chi connectivity index (χ4v) is 2.48. The zero-order chi connectivity index (χ0) is 16.7. The van der Waals surface area contributed by atoms with Gasteiger partial charge in [0.2, 0.25) is 0 Å². The summed E-state index contributed by atoms with van der Waals surface area (Å²) in [5, 5.41) is 3.12. The maximum absolute atomic E-state index is 13.4. The molecule has 0 atom stereocenters. The Bertz CT molecular complexity index is 694. The van der Waals surface area contributed by atoms with Crippen LogP contribution in [-0.4, -0.2) is 24.2 Å². The van der Waals surface area contributed by atoms with E-state index in [0.29, 0.717) is 15.6 Å². The first-order valence-electron chi connectivity index (χ1n) is 6.63. The number of esters is 1. The standard InChI is InChI=1S/C16H13ClFNO3S/c17-11-5-7-12(8-6-11)19-15(20)9-22-16(21)10-23-14-4-2-1-3-13(14)18/h1-8H,9-10H2,(H,19,20). The second-order valence-electron chi connectivity index (χ2n) is 4.43. The number of thioether (sulfide) groups is 1. The van der Waals surface area contributed by atoms with Crippen molar-refractivity contribution in [2.75, 3.05) is 17.7 Å². The first-order valence-corrected chi connectivity index (χ1v) is 7.99. The molecule has 0 saturated heterocycles. The van der Waals surface area contributed by atoms with E-state index in [-0.39, 0.29) is 5.75 Å². The Labute approximate surface area is 142 Å². The second kappa shape index (κ2) is 8.55. The van der Waals surface area contributed by atoms with Crippen LogP contribution in [0.5, 0.6) is 0 Å². The van der Waals surface area contributed by atoms with E-state index in [1.807, 2.05) is 0 Å². The molecule has 2 aromatic carbocycles. The summed E-state index contributed by atoms with van der Waals surface area (Å²) in [6, 6.07) is 12.7. The minimum Gasteiger partial charge on any atom is -0.455 e. The van der Waals surface area contributed by atoms with Crippen LogP contribution in [0, 0.1) is 5.82 Å². The monoisotopic (exact) mass is 353 g/mol. The van der Waals surface area contributed by atoms with Crippen LogP contribution in [-0.2, 0) is 14.3 Å². The van der Waals surface area contributed by atoms with E-state index in [1.54, 1.807) is 42.5 Å². The highest BCUT2D eigenvalue weighted by Crippen LogP contribution is 2.21. The van der Waals surface area contributed by atoms with Gasteiger partial charge >= 0.3 is 5.97 Å². The zero-order valence-corrected chi connectivity index (χ0v) is 13.5. The number of nitrogens with one attached hydrogen (secondary N) is 1. The molecule has 0 unspecified atom stereocenters. The van der Waals surface area contributed by atoms with Gasteiger partial charge in [-0.15, -0.1) is 11.8 Å². The smallest absolute Gasteiger partial charge is 0.316 e. The summed E-state index contributed by atoms with van der Waals surface area (Å²) < 4.78 is 18.2.